The van der Waals surface area contributed by atoms with Crippen molar-refractivity contribution < 1.29 is 14.5 Å². The van der Waals surface area contributed by atoms with E-state index in [4.69, 9.17) is 4.74 Å². The van der Waals surface area contributed by atoms with Gasteiger partial charge in [0.15, 0.2) is 10.9 Å². The molecular formula is C14H17N5O4S. The van der Waals surface area contributed by atoms with Gasteiger partial charge in [0.25, 0.3) is 0 Å². The number of ether oxygens (including phenoxy) is 1. The lowest BCUT2D eigenvalue weighted by molar-refractivity contribution is -0.385. The van der Waals surface area contributed by atoms with E-state index < -0.39 is 4.92 Å². The Labute approximate surface area is 142 Å². The van der Waals surface area contributed by atoms with Crippen molar-refractivity contribution in [1.29, 1.82) is 0 Å². The lowest BCUT2D eigenvalue weighted by atomic mass is 10.1. The first kappa shape index (κ1) is 17.7. The molecule has 24 heavy (non-hydrogen) atoms. The minimum atomic E-state index is -0.524. The molecule has 0 saturated heterocycles. The van der Waals surface area contributed by atoms with Crippen molar-refractivity contribution in [1.82, 2.24) is 14.8 Å². The SMILES string of the molecule is COc1cc(NC(=O)CSc2nnc(C)n2C)c(C)cc1[N+](=O)[O-]. The zero-order chi connectivity index (χ0) is 17.9. The van der Waals surface area contributed by atoms with Crippen LogP contribution in [0.3, 0.4) is 0 Å². The largest absolute Gasteiger partial charge is 0.490 e. The zero-order valence-corrected chi connectivity index (χ0v) is 14.5. The Bertz CT molecular complexity index is 790. The molecule has 9 nitrogen and oxygen atoms in total. The third kappa shape index (κ3) is 3.82. The molecule has 128 valence electrons. The number of anilines is 1. The molecule has 1 aromatic carbocycles. The van der Waals surface area contributed by atoms with Crippen LogP contribution < -0.4 is 10.1 Å². The average molecular weight is 351 g/mol. The van der Waals surface area contributed by atoms with E-state index in [0.717, 1.165) is 5.82 Å². The van der Waals surface area contributed by atoms with E-state index in [1.54, 1.807) is 11.5 Å². The molecule has 1 N–H and O–H groups in total. The number of aromatic nitrogens is 3. The molecule has 0 aliphatic rings. The summed E-state index contributed by atoms with van der Waals surface area (Å²) in [6, 6.07) is 2.82. The summed E-state index contributed by atoms with van der Waals surface area (Å²) in [6.07, 6.45) is 0. The fourth-order valence-corrected chi connectivity index (χ4v) is 2.70. The highest BCUT2D eigenvalue weighted by Crippen LogP contribution is 2.32. The molecule has 10 heteroatoms. The molecule has 2 aromatic rings. The maximum Gasteiger partial charge on any atom is 0.311 e. The second-order valence-electron chi connectivity index (χ2n) is 5.02. The number of thioether (sulfide) groups is 1. The molecule has 0 unspecified atom stereocenters. The molecule has 0 atom stereocenters. The van der Waals surface area contributed by atoms with Gasteiger partial charge in [-0.3, -0.25) is 14.9 Å². The second-order valence-corrected chi connectivity index (χ2v) is 5.96. The number of methoxy groups -OCH3 is 1. The first-order chi connectivity index (χ1) is 11.3. The monoisotopic (exact) mass is 351 g/mol. The first-order valence-electron chi connectivity index (χ1n) is 6.95. The normalized spacial score (nSPS) is 10.5. The zero-order valence-electron chi connectivity index (χ0n) is 13.7. The number of nitro groups is 1. The molecule has 1 aromatic heterocycles. The Balaban J connectivity index is 2.08. The van der Waals surface area contributed by atoms with Crippen molar-refractivity contribution >= 4 is 29.0 Å². The summed E-state index contributed by atoms with van der Waals surface area (Å²) in [5, 5.41) is 22.2. The van der Waals surface area contributed by atoms with Crippen LogP contribution in [0.1, 0.15) is 11.4 Å². The molecule has 0 radical (unpaired) electrons. The number of carbonyl (C=O) groups is 1. The number of benzene rings is 1. The van der Waals surface area contributed by atoms with Crippen molar-refractivity contribution in [2.45, 2.75) is 19.0 Å². The number of nitrogens with one attached hydrogen (secondary N) is 1. The van der Waals surface area contributed by atoms with Gasteiger partial charge in [0.05, 0.1) is 17.8 Å². The third-order valence-electron chi connectivity index (χ3n) is 3.38. The molecule has 1 amide bonds. The van der Waals surface area contributed by atoms with Crippen molar-refractivity contribution in [2.75, 3.05) is 18.2 Å². The lowest BCUT2D eigenvalue weighted by Crippen LogP contribution is -2.15. The van der Waals surface area contributed by atoms with Crippen LogP contribution in [-0.4, -0.2) is 38.5 Å². The van der Waals surface area contributed by atoms with Crippen molar-refractivity contribution in [3.8, 4) is 5.75 Å². The maximum absolute atomic E-state index is 12.1. The van der Waals surface area contributed by atoms with E-state index in [2.05, 4.69) is 15.5 Å². The predicted molar refractivity (Wildman–Crippen MR) is 89.5 cm³/mol. The minimum Gasteiger partial charge on any atom is -0.490 e. The highest BCUT2D eigenvalue weighted by molar-refractivity contribution is 7.99. The van der Waals surface area contributed by atoms with Crippen LogP contribution in [0.4, 0.5) is 11.4 Å². The van der Waals surface area contributed by atoms with Crippen LogP contribution in [0.15, 0.2) is 17.3 Å². The number of nitrogens with zero attached hydrogens (tertiary/aromatic N) is 4. The van der Waals surface area contributed by atoms with Crippen LogP contribution in [0.2, 0.25) is 0 Å². The van der Waals surface area contributed by atoms with Gasteiger partial charge in [-0.25, -0.2) is 0 Å². The average Bonchev–Trinajstić information content (AvgIpc) is 2.86. The van der Waals surface area contributed by atoms with Gasteiger partial charge in [-0.05, 0) is 19.4 Å². The van der Waals surface area contributed by atoms with Crippen LogP contribution in [0, 0.1) is 24.0 Å². The molecule has 0 bridgehead atoms. The number of carbonyl (C=O) groups excluding carboxylic acids is 1. The Hall–Kier alpha value is -2.62. The molecule has 0 aliphatic carbocycles. The standard InChI is InChI=1S/C14H17N5O4S/c1-8-5-11(19(21)22)12(23-4)6-10(8)15-13(20)7-24-14-17-16-9(2)18(14)3/h5-6H,7H2,1-4H3,(H,15,20). The second kappa shape index (κ2) is 7.30. The van der Waals surface area contributed by atoms with Crippen molar-refractivity contribution in [2.24, 2.45) is 7.05 Å². The number of nitro benzene ring substituents is 1. The fraction of sp³-hybridized carbons (Fsp3) is 0.357. The Morgan fingerprint density at radius 1 is 1.42 bits per heavy atom. The van der Waals surface area contributed by atoms with E-state index in [1.807, 2.05) is 14.0 Å². The fourth-order valence-electron chi connectivity index (χ4n) is 1.94. The smallest absolute Gasteiger partial charge is 0.311 e. The summed E-state index contributed by atoms with van der Waals surface area (Å²) in [5.74, 6) is 0.746. The van der Waals surface area contributed by atoms with Gasteiger partial charge in [-0.2, -0.15) is 0 Å². The quantitative estimate of drug-likeness (QED) is 0.481. The van der Waals surface area contributed by atoms with Gasteiger partial charge in [-0.1, -0.05) is 11.8 Å². The van der Waals surface area contributed by atoms with Gasteiger partial charge in [-0.15, -0.1) is 10.2 Å². The van der Waals surface area contributed by atoms with E-state index >= 15 is 0 Å². The summed E-state index contributed by atoms with van der Waals surface area (Å²) in [5.41, 5.74) is 0.907. The van der Waals surface area contributed by atoms with E-state index in [9.17, 15) is 14.9 Å². The molecule has 2 rings (SSSR count). The summed E-state index contributed by atoms with van der Waals surface area (Å²) >= 11 is 1.26. The summed E-state index contributed by atoms with van der Waals surface area (Å²) < 4.78 is 6.80. The van der Waals surface area contributed by atoms with Crippen molar-refractivity contribution in [3.05, 3.63) is 33.6 Å². The molecule has 0 saturated carbocycles. The highest BCUT2D eigenvalue weighted by Gasteiger charge is 2.18. The number of rotatable bonds is 6. The van der Waals surface area contributed by atoms with Gasteiger partial charge in [0, 0.05) is 24.9 Å². The van der Waals surface area contributed by atoms with Crippen LogP contribution in [-0.2, 0) is 11.8 Å². The van der Waals surface area contributed by atoms with Gasteiger partial charge in [0.2, 0.25) is 5.91 Å². The molecular weight excluding hydrogens is 334 g/mol. The Kier molecular flexibility index (Phi) is 5.39. The molecule has 0 fully saturated rings. The Morgan fingerprint density at radius 3 is 2.67 bits per heavy atom. The predicted octanol–water partition coefficient (Wildman–Crippen LogP) is 2.08. The maximum atomic E-state index is 12.1. The third-order valence-corrected chi connectivity index (χ3v) is 4.40. The molecule has 0 aliphatic heterocycles. The number of amides is 1. The van der Waals surface area contributed by atoms with E-state index in [0.29, 0.717) is 16.4 Å². The highest BCUT2D eigenvalue weighted by atomic mass is 32.2. The van der Waals surface area contributed by atoms with Crippen LogP contribution >= 0.6 is 11.8 Å². The van der Waals surface area contributed by atoms with Crippen LogP contribution in [0.25, 0.3) is 0 Å². The van der Waals surface area contributed by atoms with Crippen LogP contribution in [0.5, 0.6) is 5.75 Å². The summed E-state index contributed by atoms with van der Waals surface area (Å²) in [7, 11) is 3.16. The molecule has 1 heterocycles. The number of hydrogen-bond donors (Lipinski definition) is 1. The Morgan fingerprint density at radius 2 is 2.12 bits per heavy atom. The van der Waals surface area contributed by atoms with E-state index in [-0.39, 0.29) is 23.1 Å². The first-order valence-corrected chi connectivity index (χ1v) is 7.93. The lowest BCUT2D eigenvalue weighted by Gasteiger charge is -2.10. The molecule has 0 spiro atoms. The van der Waals surface area contributed by atoms with Crippen molar-refractivity contribution in [3.63, 3.8) is 0 Å². The van der Waals surface area contributed by atoms with E-state index in [1.165, 1.54) is 31.0 Å². The minimum absolute atomic E-state index is 0.0949. The van der Waals surface area contributed by atoms with Gasteiger partial charge in [0.1, 0.15) is 5.82 Å². The number of hydrogen-bond acceptors (Lipinski definition) is 7. The van der Waals surface area contributed by atoms with Gasteiger partial charge >= 0.3 is 5.69 Å². The summed E-state index contributed by atoms with van der Waals surface area (Å²) in [4.78, 5) is 22.6. The van der Waals surface area contributed by atoms with Gasteiger partial charge < -0.3 is 14.6 Å². The summed E-state index contributed by atoms with van der Waals surface area (Å²) in [6.45, 7) is 3.50. The topological polar surface area (TPSA) is 112 Å². The number of aryl methyl sites for hydroxylation is 2.